The summed E-state index contributed by atoms with van der Waals surface area (Å²) in [5.41, 5.74) is -0.570. The molecule has 0 aromatic heterocycles. The van der Waals surface area contributed by atoms with E-state index >= 15 is 0 Å². The van der Waals surface area contributed by atoms with E-state index in [9.17, 15) is 0 Å². The Morgan fingerprint density at radius 2 is 1.62 bits per heavy atom. The standard InChI is InChI=1S/C32H44O4Si/c1-7-27-31(5,6)29-26(22-32(27,35-29)23-34-28-20-14-15-21-33-28)36-37(30(2,3)4,24-16-10-8-11-17-24)25-18-12-9-13-19-25/h7-13,16-19,26-29H,1,14-15,20-23H2,2-6H3/t26-,27-,28+,29-,32-/m0/s1. The molecule has 0 spiro atoms. The lowest BCUT2D eigenvalue weighted by atomic mass is 9.63. The maximum absolute atomic E-state index is 7.61. The van der Waals surface area contributed by atoms with Gasteiger partial charge in [0.1, 0.15) is 5.60 Å². The van der Waals surface area contributed by atoms with Crippen LogP contribution < -0.4 is 10.4 Å². The molecule has 0 amide bonds. The van der Waals surface area contributed by atoms with Crippen molar-refractivity contribution in [3.63, 3.8) is 0 Å². The molecule has 3 saturated heterocycles. The summed E-state index contributed by atoms with van der Waals surface area (Å²) in [6.07, 6.45) is 5.89. The van der Waals surface area contributed by atoms with E-state index in [0.29, 0.717) is 6.61 Å². The lowest BCUT2D eigenvalue weighted by molar-refractivity contribution is -0.193. The second-order valence-corrected chi connectivity index (χ2v) is 17.0. The van der Waals surface area contributed by atoms with Gasteiger partial charge in [0.2, 0.25) is 0 Å². The Morgan fingerprint density at radius 1 is 1.00 bits per heavy atom. The number of rotatable bonds is 8. The van der Waals surface area contributed by atoms with Crippen molar-refractivity contribution in [1.82, 2.24) is 0 Å². The van der Waals surface area contributed by atoms with Gasteiger partial charge in [0.05, 0.1) is 18.8 Å². The SMILES string of the molecule is C=C[C@H]1C(C)(C)[C@H]2O[C@]1(CO[C@@H]1CCCCO1)C[C@@H]2O[Si](c1ccccc1)(c1ccccc1)C(C)(C)C. The van der Waals surface area contributed by atoms with Gasteiger partial charge >= 0.3 is 0 Å². The molecule has 200 valence electrons. The monoisotopic (exact) mass is 520 g/mol. The zero-order valence-electron chi connectivity index (χ0n) is 23.2. The third-order valence-corrected chi connectivity index (χ3v) is 14.0. The highest BCUT2D eigenvalue weighted by molar-refractivity contribution is 6.99. The van der Waals surface area contributed by atoms with Crippen molar-refractivity contribution in [3.8, 4) is 0 Å². The molecule has 3 fully saturated rings. The minimum atomic E-state index is -2.71. The summed E-state index contributed by atoms with van der Waals surface area (Å²) in [6, 6.07) is 21.8. The minimum absolute atomic E-state index is 0.0339. The van der Waals surface area contributed by atoms with Crippen LogP contribution in [0.15, 0.2) is 73.3 Å². The van der Waals surface area contributed by atoms with Crippen molar-refractivity contribution >= 4 is 18.7 Å². The molecule has 5 atom stereocenters. The number of benzene rings is 2. The Labute approximate surface area is 224 Å². The van der Waals surface area contributed by atoms with Crippen LogP contribution in [0.5, 0.6) is 0 Å². The number of hydrogen-bond acceptors (Lipinski definition) is 4. The number of hydrogen-bond donors (Lipinski definition) is 0. The van der Waals surface area contributed by atoms with Crippen LogP contribution in [0.2, 0.25) is 5.04 Å². The predicted molar refractivity (Wildman–Crippen MR) is 152 cm³/mol. The molecule has 5 rings (SSSR count). The summed E-state index contributed by atoms with van der Waals surface area (Å²) in [4.78, 5) is 0. The summed E-state index contributed by atoms with van der Waals surface area (Å²) in [5, 5.41) is 2.52. The van der Waals surface area contributed by atoms with E-state index in [1.165, 1.54) is 10.4 Å². The molecule has 5 heteroatoms. The van der Waals surface area contributed by atoms with Crippen LogP contribution in [0, 0.1) is 11.3 Å². The smallest absolute Gasteiger partial charge is 0.261 e. The third-order valence-electron chi connectivity index (χ3n) is 8.98. The first-order valence-corrected chi connectivity index (χ1v) is 15.9. The van der Waals surface area contributed by atoms with Crippen LogP contribution in [0.3, 0.4) is 0 Å². The molecule has 0 N–H and O–H groups in total. The summed E-state index contributed by atoms with van der Waals surface area (Å²) in [5.74, 6) is 0.188. The van der Waals surface area contributed by atoms with Gasteiger partial charge in [-0.25, -0.2) is 0 Å². The van der Waals surface area contributed by atoms with Crippen molar-refractivity contribution in [2.75, 3.05) is 13.2 Å². The zero-order valence-corrected chi connectivity index (χ0v) is 24.2. The van der Waals surface area contributed by atoms with E-state index in [0.717, 1.165) is 32.3 Å². The van der Waals surface area contributed by atoms with Crippen LogP contribution in [0.4, 0.5) is 0 Å². The molecule has 2 aromatic rings. The largest absolute Gasteiger partial charge is 0.402 e. The lowest BCUT2D eigenvalue weighted by Crippen LogP contribution is -2.69. The van der Waals surface area contributed by atoms with Crippen LogP contribution in [0.1, 0.15) is 60.3 Å². The average molecular weight is 521 g/mol. The Hall–Kier alpha value is -1.76. The van der Waals surface area contributed by atoms with E-state index in [1.54, 1.807) is 0 Å². The van der Waals surface area contributed by atoms with Crippen LogP contribution in [-0.4, -0.2) is 45.6 Å². The van der Waals surface area contributed by atoms with E-state index in [1.807, 2.05) is 0 Å². The van der Waals surface area contributed by atoms with Crippen molar-refractivity contribution in [2.24, 2.45) is 11.3 Å². The Morgan fingerprint density at radius 3 is 2.14 bits per heavy atom. The number of ether oxygens (including phenoxy) is 3. The topological polar surface area (TPSA) is 36.9 Å². The highest BCUT2D eigenvalue weighted by Gasteiger charge is 2.68. The quantitative estimate of drug-likeness (QED) is 0.323. The van der Waals surface area contributed by atoms with E-state index in [2.05, 4.69) is 108 Å². The first kappa shape index (κ1) is 26.8. The van der Waals surface area contributed by atoms with Crippen molar-refractivity contribution in [2.45, 2.75) is 89.4 Å². The molecule has 3 heterocycles. The second-order valence-electron chi connectivity index (χ2n) is 12.8. The summed E-state index contributed by atoms with van der Waals surface area (Å²) >= 11 is 0. The zero-order chi connectivity index (χ0) is 26.3. The summed E-state index contributed by atoms with van der Waals surface area (Å²) < 4.78 is 26.9. The molecule has 37 heavy (non-hydrogen) atoms. The lowest BCUT2D eigenvalue weighted by Gasteiger charge is -2.49. The minimum Gasteiger partial charge on any atom is -0.402 e. The molecule has 0 aliphatic carbocycles. The van der Waals surface area contributed by atoms with Crippen molar-refractivity contribution in [3.05, 3.63) is 73.3 Å². The van der Waals surface area contributed by atoms with Crippen molar-refractivity contribution in [1.29, 1.82) is 0 Å². The molecule has 2 bridgehead atoms. The normalized spacial score (nSPS) is 31.4. The van der Waals surface area contributed by atoms with Crippen LogP contribution >= 0.6 is 0 Å². The third kappa shape index (κ3) is 4.57. The molecule has 0 radical (unpaired) electrons. The van der Waals surface area contributed by atoms with Gasteiger partial charge in [-0.15, -0.1) is 6.58 Å². The number of fused-ring (bicyclic) bond motifs is 2. The average Bonchev–Trinajstić information content (AvgIpc) is 3.37. The molecule has 2 aromatic carbocycles. The summed E-state index contributed by atoms with van der Waals surface area (Å²) in [6.45, 7) is 17.1. The molecule has 4 nitrogen and oxygen atoms in total. The highest BCUT2D eigenvalue weighted by atomic mass is 28.4. The molecule has 3 aliphatic rings. The van der Waals surface area contributed by atoms with Gasteiger partial charge in [-0.1, -0.05) is 101 Å². The fourth-order valence-electron chi connectivity index (χ4n) is 7.31. The molecule has 3 aliphatic heterocycles. The van der Waals surface area contributed by atoms with Gasteiger partial charge in [0.15, 0.2) is 6.29 Å². The maximum atomic E-state index is 7.61. The van der Waals surface area contributed by atoms with Gasteiger partial charge in [0, 0.05) is 24.4 Å². The van der Waals surface area contributed by atoms with Gasteiger partial charge in [0.25, 0.3) is 8.32 Å². The Balaban J connectivity index is 1.52. The Kier molecular flexibility index (Phi) is 7.31. The first-order valence-electron chi connectivity index (χ1n) is 14.0. The fraction of sp³-hybridized carbons (Fsp3) is 0.562. The fourth-order valence-corrected chi connectivity index (χ4v) is 12.0. The van der Waals surface area contributed by atoms with Gasteiger partial charge in [-0.05, 0) is 34.7 Å². The highest BCUT2D eigenvalue weighted by Crippen LogP contribution is 2.60. The molecule has 0 unspecified atom stereocenters. The Bertz CT molecular complexity index is 1020. The molecular formula is C32H44O4Si. The van der Waals surface area contributed by atoms with E-state index < -0.39 is 13.9 Å². The maximum Gasteiger partial charge on any atom is 0.261 e. The van der Waals surface area contributed by atoms with Crippen LogP contribution in [-0.2, 0) is 18.6 Å². The molecular weight excluding hydrogens is 476 g/mol. The van der Waals surface area contributed by atoms with Crippen LogP contribution in [0.25, 0.3) is 0 Å². The van der Waals surface area contributed by atoms with Gasteiger partial charge < -0.3 is 18.6 Å². The first-order chi connectivity index (χ1) is 17.6. The van der Waals surface area contributed by atoms with Gasteiger partial charge in [-0.3, -0.25) is 0 Å². The van der Waals surface area contributed by atoms with Crippen molar-refractivity contribution < 1.29 is 18.6 Å². The predicted octanol–water partition coefficient (Wildman–Crippen LogP) is 5.84. The van der Waals surface area contributed by atoms with E-state index in [-0.39, 0.29) is 34.9 Å². The molecule has 0 saturated carbocycles. The second kappa shape index (κ2) is 10.1. The van der Waals surface area contributed by atoms with E-state index in [4.69, 9.17) is 18.6 Å². The summed E-state index contributed by atoms with van der Waals surface area (Å²) in [7, 11) is -2.71. The van der Waals surface area contributed by atoms with Gasteiger partial charge in [-0.2, -0.15) is 0 Å².